The Bertz CT molecular complexity index is 559. The Kier molecular flexibility index (Phi) is 3.58. The molecule has 1 aromatic heterocycles. The van der Waals surface area contributed by atoms with Crippen molar-refractivity contribution in [2.24, 2.45) is 5.73 Å². The van der Waals surface area contributed by atoms with Crippen molar-refractivity contribution in [3.63, 3.8) is 0 Å². The fourth-order valence-corrected chi connectivity index (χ4v) is 3.61. The van der Waals surface area contributed by atoms with Gasteiger partial charge in [0, 0.05) is 0 Å². The normalized spacial score (nSPS) is 16.9. The Morgan fingerprint density at radius 2 is 2.05 bits per heavy atom. The average Bonchev–Trinajstić information content (AvgIpc) is 2.85. The van der Waals surface area contributed by atoms with Gasteiger partial charge in [-0.1, -0.05) is 30.7 Å². The van der Waals surface area contributed by atoms with E-state index in [0.717, 1.165) is 10.6 Å². The summed E-state index contributed by atoms with van der Waals surface area (Å²) < 4.78 is 5.40. The van der Waals surface area contributed by atoms with Crippen LogP contribution in [0.4, 0.5) is 0 Å². The molecule has 1 aliphatic rings. The molecule has 2 nitrogen and oxygen atoms in total. The summed E-state index contributed by atoms with van der Waals surface area (Å²) in [5, 5.41) is 2.04. The summed E-state index contributed by atoms with van der Waals surface area (Å²) in [5.74, 6) is 1.61. The van der Waals surface area contributed by atoms with Gasteiger partial charge in [0.05, 0.1) is 18.0 Å². The number of ether oxygens (including phenoxy) is 1. The Balaban J connectivity index is 1.97. The van der Waals surface area contributed by atoms with Crippen molar-refractivity contribution in [2.45, 2.75) is 31.2 Å². The van der Waals surface area contributed by atoms with Gasteiger partial charge < -0.3 is 10.5 Å². The molecule has 1 atom stereocenters. The summed E-state index contributed by atoms with van der Waals surface area (Å²) in [5.41, 5.74) is 9.17. The zero-order valence-corrected chi connectivity index (χ0v) is 12.0. The lowest BCUT2D eigenvalue weighted by atomic mass is 9.77. The van der Waals surface area contributed by atoms with E-state index in [1.165, 1.54) is 30.4 Å². The Hall–Kier alpha value is -1.32. The van der Waals surface area contributed by atoms with Gasteiger partial charge in [-0.05, 0) is 41.3 Å². The third kappa shape index (κ3) is 2.28. The van der Waals surface area contributed by atoms with Gasteiger partial charge in [-0.15, -0.1) is 11.3 Å². The number of hydrogen-bond acceptors (Lipinski definition) is 3. The van der Waals surface area contributed by atoms with Crippen molar-refractivity contribution in [2.75, 3.05) is 7.11 Å². The van der Waals surface area contributed by atoms with Gasteiger partial charge in [-0.25, -0.2) is 0 Å². The number of rotatable bonds is 4. The first-order chi connectivity index (χ1) is 9.31. The van der Waals surface area contributed by atoms with Crippen LogP contribution in [0.15, 0.2) is 35.7 Å². The second-order valence-electron chi connectivity index (χ2n) is 5.09. The van der Waals surface area contributed by atoms with E-state index >= 15 is 0 Å². The Morgan fingerprint density at radius 1 is 1.26 bits per heavy atom. The fraction of sp³-hybridized carbons (Fsp3) is 0.375. The molecule has 1 fully saturated rings. The summed E-state index contributed by atoms with van der Waals surface area (Å²) >= 11 is 1.67. The third-order valence-electron chi connectivity index (χ3n) is 4.04. The summed E-state index contributed by atoms with van der Waals surface area (Å²) in [6.07, 6.45) is 3.94. The van der Waals surface area contributed by atoms with E-state index in [1.807, 2.05) is 11.4 Å². The molecule has 1 saturated carbocycles. The maximum absolute atomic E-state index is 6.48. The SMILES string of the molecule is COc1ccsc1C(N)c1ccccc1C1CCC1. The number of thiophene rings is 1. The lowest BCUT2D eigenvalue weighted by Gasteiger charge is -2.29. The summed E-state index contributed by atoms with van der Waals surface area (Å²) in [7, 11) is 1.70. The van der Waals surface area contributed by atoms with Crippen LogP contribution in [-0.2, 0) is 0 Å². The molecule has 100 valence electrons. The monoisotopic (exact) mass is 273 g/mol. The van der Waals surface area contributed by atoms with Gasteiger partial charge in [0.1, 0.15) is 5.75 Å². The van der Waals surface area contributed by atoms with E-state index in [9.17, 15) is 0 Å². The van der Waals surface area contributed by atoms with Gasteiger partial charge in [0.2, 0.25) is 0 Å². The maximum Gasteiger partial charge on any atom is 0.134 e. The molecule has 1 unspecified atom stereocenters. The molecule has 3 rings (SSSR count). The molecule has 0 bridgehead atoms. The minimum atomic E-state index is -0.0771. The van der Waals surface area contributed by atoms with Crippen molar-refractivity contribution < 1.29 is 4.74 Å². The van der Waals surface area contributed by atoms with Gasteiger partial charge in [-0.3, -0.25) is 0 Å². The maximum atomic E-state index is 6.48. The molecule has 0 saturated heterocycles. The standard InChI is InChI=1S/C16H19NOS/c1-18-14-9-10-19-16(14)15(17)13-8-3-2-7-12(13)11-5-4-6-11/h2-3,7-11,15H,4-6,17H2,1H3. The first kappa shape index (κ1) is 12.7. The van der Waals surface area contributed by atoms with Crippen molar-refractivity contribution >= 4 is 11.3 Å². The van der Waals surface area contributed by atoms with E-state index in [2.05, 4.69) is 24.3 Å². The lowest BCUT2D eigenvalue weighted by molar-refractivity contribution is 0.408. The molecule has 0 radical (unpaired) electrons. The van der Waals surface area contributed by atoms with Crippen LogP contribution in [-0.4, -0.2) is 7.11 Å². The largest absolute Gasteiger partial charge is 0.496 e. The molecule has 0 spiro atoms. The van der Waals surface area contributed by atoms with E-state index in [0.29, 0.717) is 5.92 Å². The van der Waals surface area contributed by atoms with Crippen molar-refractivity contribution in [1.29, 1.82) is 0 Å². The molecule has 3 heteroatoms. The molecule has 1 aromatic carbocycles. The number of nitrogens with two attached hydrogens (primary N) is 1. The predicted octanol–water partition coefficient (Wildman–Crippen LogP) is 4.07. The quantitative estimate of drug-likeness (QED) is 0.911. The van der Waals surface area contributed by atoms with Crippen LogP contribution in [0.1, 0.15) is 47.2 Å². The van der Waals surface area contributed by atoms with Crippen LogP contribution in [0, 0.1) is 0 Å². The number of hydrogen-bond donors (Lipinski definition) is 1. The predicted molar refractivity (Wildman–Crippen MR) is 79.9 cm³/mol. The molecular formula is C16H19NOS. The molecule has 0 amide bonds. The molecule has 1 heterocycles. The number of benzene rings is 1. The molecule has 2 aromatic rings. The van der Waals surface area contributed by atoms with Gasteiger partial charge >= 0.3 is 0 Å². The van der Waals surface area contributed by atoms with Crippen LogP contribution in [0.3, 0.4) is 0 Å². The van der Waals surface area contributed by atoms with Crippen LogP contribution >= 0.6 is 11.3 Å². The van der Waals surface area contributed by atoms with Crippen LogP contribution < -0.4 is 10.5 Å². The van der Waals surface area contributed by atoms with Crippen LogP contribution in [0.25, 0.3) is 0 Å². The Labute approximate surface area is 118 Å². The van der Waals surface area contributed by atoms with Crippen LogP contribution in [0.5, 0.6) is 5.75 Å². The summed E-state index contributed by atoms with van der Waals surface area (Å²) in [6, 6.07) is 10.5. The first-order valence-corrected chi connectivity index (χ1v) is 7.65. The molecule has 19 heavy (non-hydrogen) atoms. The molecule has 1 aliphatic carbocycles. The topological polar surface area (TPSA) is 35.2 Å². The van der Waals surface area contributed by atoms with Gasteiger partial charge in [-0.2, -0.15) is 0 Å². The highest BCUT2D eigenvalue weighted by Gasteiger charge is 2.25. The van der Waals surface area contributed by atoms with E-state index < -0.39 is 0 Å². The van der Waals surface area contributed by atoms with Gasteiger partial charge in [0.25, 0.3) is 0 Å². The van der Waals surface area contributed by atoms with E-state index in [4.69, 9.17) is 10.5 Å². The van der Waals surface area contributed by atoms with Crippen molar-refractivity contribution in [3.8, 4) is 5.75 Å². The highest BCUT2D eigenvalue weighted by molar-refractivity contribution is 7.10. The lowest BCUT2D eigenvalue weighted by Crippen LogP contribution is -2.18. The van der Waals surface area contributed by atoms with Crippen molar-refractivity contribution in [3.05, 3.63) is 51.7 Å². The average molecular weight is 273 g/mol. The highest BCUT2D eigenvalue weighted by Crippen LogP contribution is 2.42. The number of methoxy groups -OCH3 is 1. The van der Waals surface area contributed by atoms with E-state index in [1.54, 1.807) is 18.4 Å². The highest BCUT2D eigenvalue weighted by atomic mass is 32.1. The third-order valence-corrected chi connectivity index (χ3v) is 5.02. The summed E-state index contributed by atoms with van der Waals surface area (Å²) in [4.78, 5) is 1.12. The smallest absolute Gasteiger partial charge is 0.134 e. The molecule has 2 N–H and O–H groups in total. The van der Waals surface area contributed by atoms with E-state index in [-0.39, 0.29) is 6.04 Å². The van der Waals surface area contributed by atoms with Gasteiger partial charge in [0.15, 0.2) is 0 Å². The minimum Gasteiger partial charge on any atom is -0.496 e. The molecular weight excluding hydrogens is 254 g/mol. The Morgan fingerprint density at radius 3 is 2.74 bits per heavy atom. The van der Waals surface area contributed by atoms with Crippen molar-refractivity contribution in [1.82, 2.24) is 0 Å². The fourth-order valence-electron chi connectivity index (χ4n) is 2.73. The molecule has 0 aliphatic heterocycles. The first-order valence-electron chi connectivity index (χ1n) is 6.77. The second-order valence-corrected chi connectivity index (χ2v) is 6.04. The second kappa shape index (κ2) is 5.35. The minimum absolute atomic E-state index is 0.0771. The zero-order chi connectivity index (χ0) is 13.2. The zero-order valence-electron chi connectivity index (χ0n) is 11.1. The summed E-state index contributed by atoms with van der Waals surface area (Å²) in [6.45, 7) is 0. The van der Waals surface area contributed by atoms with Crippen LogP contribution in [0.2, 0.25) is 0 Å².